The van der Waals surface area contributed by atoms with Gasteiger partial charge in [0.15, 0.2) is 15.4 Å². The van der Waals surface area contributed by atoms with Crippen LogP contribution in [0.5, 0.6) is 0 Å². The third kappa shape index (κ3) is 2.88. The van der Waals surface area contributed by atoms with Crippen LogP contribution in [0, 0.1) is 0 Å². The van der Waals surface area contributed by atoms with E-state index in [9.17, 15) is 8.42 Å². The molecule has 108 valence electrons. The summed E-state index contributed by atoms with van der Waals surface area (Å²) in [5.74, 6) is 0. The molecule has 2 aromatic carbocycles. The molecule has 3 aromatic rings. The normalized spacial score (nSPS) is 11.9. The van der Waals surface area contributed by atoms with Crippen LogP contribution in [0.15, 0.2) is 61.9 Å². The van der Waals surface area contributed by atoms with Crippen molar-refractivity contribution in [1.82, 2.24) is 4.98 Å². The molecule has 5 nitrogen and oxygen atoms in total. The van der Waals surface area contributed by atoms with Gasteiger partial charge >= 0.3 is 0 Å². The SMILES string of the molecule is CS(=O)(=O)c1ccc(Sc2nc3ccccc3o2)c(N)c1. The molecule has 0 bridgehead atoms. The first kappa shape index (κ1) is 14.0. The third-order valence-electron chi connectivity index (χ3n) is 2.88. The maximum atomic E-state index is 11.5. The smallest absolute Gasteiger partial charge is 0.261 e. The van der Waals surface area contributed by atoms with E-state index in [1.54, 1.807) is 6.07 Å². The first-order valence-corrected chi connectivity index (χ1v) is 8.77. The number of nitrogens with two attached hydrogens (primary N) is 1. The van der Waals surface area contributed by atoms with Gasteiger partial charge in [0.1, 0.15) is 5.52 Å². The molecule has 0 atom stereocenters. The summed E-state index contributed by atoms with van der Waals surface area (Å²) in [6, 6.07) is 12.1. The van der Waals surface area contributed by atoms with Gasteiger partial charge in [-0.05, 0) is 42.1 Å². The molecule has 0 amide bonds. The fraction of sp³-hybridized carbons (Fsp3) is 0.0714. The average Bonchev–Trinajstić information content (AvgIpc) is 2.82. The summed E-state index contributed by atoms with van der Waals surface area (Å²) in [6.45, 7) is 0. The summed E-state index contributed by atoms with van der Waals surface area (Å²) >= 11 is 1.26. The summed E-state index contributed by atoms with van der Waals surface area (Å²) in [5, 5.41) is 0.468. The molecule has 0 saturated carbocycles. The Morgan fingerprint density at radius 3 is 2.62 bits per heavy atom. The van der Waals surface area contributed by atoms with Crippen molar-refractivity contribution in [1.29, 1.82) is 0 Å². The molecule has 1 heterocycles. The number of rotatable bonds is 3. The summed E-state index contributed by atoms with van der Waals surface area (Å²) < 4.78 is 28.6. The van der Waals surface area contributed by atoms with E-state index in [2.05, 4.69) is 4.98 Å². The second-order valence-electron chi connectivity index (χ2n) is 4.52. The summed E-state index contributed by atoms with van der Waals surface area (Å²) in [7, 11) is -3.26. The van der Waals surface area contributed by atoms with E-state index in [1.807, 2.05) is 24.3 Å². The maximum absolute atomic E-state index is 11.5. The predicted molar refractivity (Wildman–Crippen MR) is 82.1 cm³/mol. The standard InChI is InChI=1S/C14H12N2O3S2/c1-21(17,18)9-6-7-13(10(15)8-9)20-14-16-11-4-2-3-5-12(11)19-14/h2-8H,15H2,1H3. The van der Waals surface area contributed by atoms with Crippen LogP contribution in [0.25, 0.3) is 11.1 Å². The second kappa shape index (κ2) is 5.09. The largest absolute Gasteiger partial charge is 0.431 e. The molecule has 2 N–H and O–H groups in total. The quantitative estimate of drug-likeness (QED) is 0.747. The van der Waals surface area contributed by atoms with Crippen molar-refractivity contribution >= 4 is 38.4 Å². The van der Waals surface area contributed by atoms with Gasteiger partial charge in [-0.15, -0.1) is 0 Å². The highest BCUT2D eigenvalue weighted by molar-refractivity contribution is 7.99. The summed E-state index contributed by atoms with van der Waals surface area (Å²) in [5.41, 5.74) is 7.76. The number of nitrogens with zero attached hydrogens (tertiary/aromatic N) is 1. The van der Waals surface area contributed by atoms with Crippen LogP contribution < -0.4 is 5.73 Å². The Kier molecular flexibility index (Phi) is 3.38. The Labute approximate surface area is 126 Å². The van der Waals surface area contributed by atoms with Crippen LogP contribution in [0.2, 0.25) is 0 Å². The minimum Gasteiger partial charge on any atom is -0.431 e. The molecule has 0 aliphatic carbocycles. The lowest BCUT2D eigenvalue weighted by Gasteiger charge is -2.04. The van der Waals surface area contributed by atoms with Gasteiger partial charge in [-0.1, -0.05) is 12.1 Å². The Morgan fingerprint density at radius 1 is 1.19 bits per heavy atom. The van der Waals surface area contributed by atoms with Crippen molar-refractivity contribution in [3.63, 3.8) is 0 Å². The lowest BCUT2D eigenvalue weighted by atomic mass is 10.3. The van der Waals surface area contributed by atoms with Crippen molar-refractivity contribution in [3.8, 4) is 0 Å². The van der Waals surface area contributed by atoms with Crippen LogP contribution in [-0.4, -0.2) is 19.7 Å². The molecule has 0 saturated heterocycles. The van der Waals surface area contributed by atoms with Crippen molar-refractivity contribution in [2.24, 2.45) is 0 Å². The molecular formula is C14H12N2O3S2. The highest BCUT2D eigenvalue weighted by Crippen LogP contribution is 2.34. The number of nitrogen functional groups attached to an aromatic ring is 1. The van der Waals surface area contributed by atoms with Gasteiger partial charge in [-0.2, -0.15) is 0 Å². The van der Waals surface area contributed by atoms with Crippen LogP contribution in [0.4, 0.5) is 5.69 Å². The van der Waals surface area contributed by atoms with E-state index >= 15 is 0 Å². The number of aromatic nitrogens is 1. The molecule has 0 radical (unpaired) electrons. The van der Waals surface area contributed by atoms with Crippen molar-refractivity contribution in [2.45, 2.75) is 15.0 Å². The van der Waals surface area contributed by atoms with Crippen LogP contribution in [0.1, 0.15) is 0 Å². The predicted octanol–water partition coefficient (Wildman–Crippen LogP) is 2.96. The van der Waals surface area contributed by atoms with Crippen molar-refractivity contribution in [2.75, 3.05) is 12.0 Å². The van der Waals surface area contributed by atoms with E-state index < -0.39 is 9.84 Å². The van der Waals surface area contributed by atoms with E-state index in [0.717, 1.165) is 11.8 Å². The van der Waals surface area contributed by atoms with E-state index in [-0.39, 0.29) is 4.90 Å². The number of hydrogen-bond donors (Lipinski definition) is 1. The number of anilines is 1. The Hall–Kier alpha value is -1.99. The topological polar surface area (TPSA) is 86.2 Å². The van der Waals surface area contributed by atoms with Gasteiger partial charge in [-0.3, -0.25) is 0 Å². The van der Waals surface area contributed by atoms with Gasteiger partial charge in [0.05, 0.1) is 4.90 Å². The Balaban J connectivity index is 1.94. The molecule has 3 rings (SSSR count). The molecule has 0 unspecified atom stereocenters. The number of benzene rings is 2. The van der Waals surface area contributed by atoms with Crippen LogP contribution in [-0.2, 0) is 9.84 Å². The van der Waals surface area contributed by atoms with E-state index in [0.29, 0.717) is 21.4 Å². The van der Waals surface area contributed by atoms with E-state index in [1.165, 1.54) is 23.9 Å². The maximum Gasteiger partial charge on any atom is 0.261 e. The highest BCUT2D eigenvalue weighted by atomic mass is 32.2. The number of hydrogen-bond acceptors (Lipinski definition) is 6. The van der Waals surface area contributed by atoms with Crippen molar-refractivity contribution < 1.29 is 12.8 Å². The molecule has 7 heteroatoms. The molecule has 1 aromatic heterocycles. The lowest BCUT2D eigenvalue weighted by Crippen LogP contribution is -1.99. The lowest BCUT2D eigenvalue weighted by molar-refractivity contribution is 0.489. The summed E-state index contributed by atoms with van der Waals surface area (Å²) in [6.07, 6.45) is 1.15. The minimum atomic E-state index is -3.26. The minimum absolute atomic E-state index is 0.196. The fourth-order valence-electron chi connectivity index (χ4n) is 1.84. The second-order valence-corrected chi connectivity index (χ2v) is 7.53. The number of sulfone groups is 1. The van der Waals surface area contributed by atoms with Gasteiger partial charge in [0, 0.05) is 16.8 Å². The highest BCUT2D eigenvalue weighted by Gasteiger charge is 2.13. The molecule has 0 aliphatic rings. The Morgan fingerprint density at radius 2 is 1.95 bits per heavy atom. The van der Waals surface area contributed by atoms with Gasteiger partial charge in [-0.25, -0.2) is 13.4 Å². The zero-order valence-electron chi connectivity index (χ0n) is 11.1. The zero-order chi connectivity index (χ0) is 15.0. The first-order chi connectivity index (χ1) is 9.93. The molecule has 21 heavy (non-hydrogen) atoms. The molecule has 0 fully saturated rings. The van der Waals surface area contributed by atoms with Crippen LogP contribution >= 0.6 is 11.8 Å². The van der Waals surface area contributed by atoms with Crippen molar-refractivity contribution in [3.05, 3.63) is 42.5 Å². The zero-order valence-corrected chi connectivity index (χ0v) is 12.7. The molecule has 0 aliphatic heterocycles. The monoisotopic (exact) mass is 320 g/mol. The van der Waals surface area contributed by atoms with Gasteiger partial charge in [0.2, 0.25) is 0 Å². The molecular weight excluding hydrogens is 308 g/mol. The number of oxazole rings is 1. The van der Waals surface area contributed by atoms with Gasteiger partial charge < -0.3 is 10.2 Å². The first-order valence-electron chi connectivity index (χ1n) is 6.06. The molecule has 0 spiro atoms. The van der Waals surface area contributed by atoms with E-state index in [4.69, 9.17) is 10.2 Å². The Bertz CT molecular complexity index is 884. The third-order valence-corrected chi connectivity index (χ3v) is 4.93. The summed E-state index contributed by atoms with van der Waals surface area (Å²) in [4.78, 5) is 5.24. The fourth-order valence-corrected chi connectivity index (χ4v) is 3.27. The van der Waals surface area contributed by atoms with Gasteiger partial charge in [0.25, 0.3) is 5.22 Å². The number of para-hydroxylation sites is 2. The average molecular weight is 320 g/mol. The number of fused-ring (bicyclic) bond motifs is 1. The van der Waals surface area contributed by atoms with Crippen LogP contribution in [0.3, 0.4) is 0 Å².